The smallest absolute Gasteiger partial charge is 0.269 e. The number of hydrogen-bond acceptors (Lipinski definition) is 5. The van der Waals surface area contributed by atoms with Crippen LogP contribution >= 0.6 is 0 Å². The van der Waals surface area contributed by atoms with Gasteiger partial charge >= 0.3 is 0 Å². The van der Waals surface area contributed by atoms with Gasteiger partial charge in [-0.05, 0) is 36.8 Å². The van der Waals surface area contributed by atoms with E-state index in [4.69, 9.17) is 4.74 Å². The average Bonchev–Trinajstić information content (AvgIpc) is 2.83. The van der Waals surface area contributed by atoms with Crippen LogP contribution in [0.15, 0.2) is 53.4 Å². The van der Waals surface area contributed by atoms with E-state index in [1.54, 1.807) is 50.4 Å². The molecule has 0 spiro atoms. The number of fused-ring (bicyclic) bond motifs is 1. The number of nitrogens with zero attached hydrogens (tertiary/aromatic N) is 1. The van der Waals surface area contributed by atoms with Gasteiger partial charge in [0.2, 0.25) is 5.91 Å². The average molecular weight is 374 g/mol. The molecule has 3 rings (SSSR count). The zero-order chi connectivity index (χ0) is 18.9. The lowest BCUT2D eigenvalue weighted by Crippen LogP contribution is -2.41. The van der Waals surface area contributed by atoms with Crippen molar-refractivity contribution in [3.05, 3.63) is 59.7 Å². The molecule has 0 saturated heterocycles. The second-order valence-corrected chi connectivity index (χ2v) is 7.71. The van der Waals surface area contributed by atoms with E-state index in [1.165, 1.54) is 12.1 Å². The number of nitrogens with one attached hydrogen (secondary N) is 1. The van der Waals surface area contributed by atoms with Crippen molar-refractivity contribution >= 4 is 21.8 Å². The number of benzene rings is 2. The first kappa shape index (κ1) is 17.9. The monoisotopic (exact) mass is 374 g/mol. The highest BCUT2D eigenvalue weighted by atomic mass is 32.2. The minimum absolute atomic E-state index is 0.0685. The Morgan fingerprint density at radius 2 is 1.81 bits per heavy atom. The molecular formula is C18H18N2O5S. The normalized spacial score (nSPS) is 16.1. The lowest BCUT2D eigenvalue weighted by Gasteiger charge is -2.18. The van der Waals surface area contributed by atoms with Crippen LogP contribution < -0.4 is 10.1 Å². The lowest BCUT2D eigenvalue weighted by molar-refractivity contribution is -0.121. The van der Waals surface area contributed by atoms with Crippen LogP contribution in [-0.4, -0.2) is 38.2 Å². The number of carbonyl (C=O) groups excluding carboxylic acids is 2. The van der Waals surface area contributed by atoms with Gasteiger partial charge < -0.3 is 10.1 Å². The van der Waals surface area contributed by atoms with Crippen molar-refractivity contribution in [3.8, 4) is 5.75 Å². The Morgan fingerprint density at radius 3 is 2.42 bits per heavy atom. The summed E-state index contributed by atoms with van der Waals surface area (Å²) in [6.45, 7) is 1.21. The number of carbonyl (C=O) groups is 2. The number of ether oxygens (including phenoxy) is 1. The first-order chi connectivity index (χ1) is 12.3. The van der Waals surface area contributed by atoms with E-state index in [0.717, 1.165) is 5.56 Å². The van der Waals surface area contributed by atoms with Gasteiger partial charge in [0.25, 0.3) is 15.9 Å². The highest BCUT2D eigenvalue weighted by Crippen LogP contribution is 2.29. The van der Waals surface area contributed by atoms with Crippen LogP contribution in [0.4, 0.5) is 0 Å². The number of methoxy groups -OCH3 is 1. The molecule has 2 amide bonds. The third-order valence-electron chi connectivity index (χ3n) is 4.19. The van der Waals surface area contributed by atoms with Gasteiger partial charge in [0.15, 0.2) is 0 Å². The Morgan fingerprint density at radius 1 is 1.15 bits per heavy atom. The number of sulfonamides is 1. The van der Waals surface area contributed by atoms with Gasteiger partial charge in [-0.1, -0.05) is 24.3 Å². The molecule has 7 nitrogen and oxygen atoms in total. The zero-order valence-electron chi connectivity index (χ0n) is 14.3. The van der Waals surface area contributed by atoms with Crippen molar-refractivity contribution in [2.24, 2.45) is 0 Å². The van der Waals surface area contributed by atoms with Crippen molar-refractivity contribution in [1.29, 1.82) is 0 Å². The van der Waals surface area contributed by atoms with Crippen molar-refractivity contribution in [3.63, 3.8) is 0 Å². The molecule has 2 aromatic rings. The van der Waals surface area contributed by atoms with E-state index in [2.05, 4.69) is 5.32 Å². The van der Waals surface area contributed by atoms with Gasteiger partial charge in [0, 0.05) is 0 Å². The van der Waals surface area contributed by atoms with Crippen LogP contribution in [0.2, 0.25) is 0 Å². The maximum Gasteiger partial charge on any atom is 0.269 e. The molecule has 0 radical (unpaired) electrons. The Balaban J connectivity index is 1.71. The van der Waals surface area contributed by atoms with E-state index in [-0.39, 0.29) is 16.5 Å². The summed E-state index contributed by atoms with van der Waals surface area (Å²) in [6, 6.07) is 12.7. The molecule has 136 valence electrons. The summed E-state index contributed by atoms with van der Waals surface area (Å²) < 4.78 is 30.6. The van der Waals surface area contributed by atoms with Gasteiger partial charge in [-0.3, -0.25) is 9.59 Å². The van der Waals surface area contributed by atoms with Crippen LogP contribution in [0.3, 0.4) is 0 Å². The van der Waals surface area contributed by atoms with Gasteiger partial charge in [-0.2, -0.15) is 0 Å². The first-order valence-electron chi connectivity index (χ1n) is 7.94. The maximum atomic E-state index is 12.5. The minimum atomic E-state index is -3.99. The third-order valence-corrected chi connectivity index (χ3v) is 5.98. The predicted octanol–water partition coefficient (Wildman–Crippen LogP) is 1.72. The van der Waals surface area contributed by atoms with Gasteiger partial charge in [0.05, 0.1) is 18.7 Å². The zero-order valence-corrected chi connectivity index (χ0v) is 15.1. The fourth-order valence-corrected chi connectivity index (χ4v) is 4.31. The molecule has 0 fully saturated rings. The molecule has 2 aromatic carbocycles. The third kappa shape index (κ3) is 3.15. The van der Waals surface area contributed by atoms with Crippen LogP contribution in [0.1, 0.15) is 28.9 Å². The number of rotatable bonds is 5. The fourth-order valence-electron chi connectivity index (χ4n) is 2.78. The summed E-state index contributed by atoms with van der Waals surface area (Å²) in [5, 5.41) is 2.71. The van der Waals surface area contributed by atoms with Crippen LogP contribution in [0, 0.1) is 0 Å². The molecule has 26 heavy (non-hydrogen) atoms. The highest BCUT2D eigenvalue weighted by Gasteiger charge is 2.41. The van der Waals surface area contributed by atoms with E-state index in [9.17, 15) is 18.0 Å². The molecule has 1 heterocycles. The van der Waals surface area contributed by atoms with Crippen LogP contribution in [0.5, 0.6) is 5.75 Å². The second-order valence-electron chi connectivity index (χ2n) is 5.88. The molecular weight excluding hydrogens is 356 g/mol. The van der Waals surface area contributed by atoms with Crippen molar-refractivity contribution in [2.75, 3.05) is 13.7 Å². The Hall–Kier alpha value is -2.87. The molecule has 0 aliphatic carbocycles. The largest absolute Gasteiger partial charge is 0.497 e. The van der Waals surface area contributed by atoms with Gasteiger partial charge in [-0.15, -0.1) is 0 Å². The van der Waals surface area contributed by atoms with Crippen molar-refractivity contribution in [1.82, 2.24) is 9.62 Å². The molecule has 0 aromatic heterocycles. The first-order valence-corrected chi connectivity index (χ1v) is 9.38. The Bertz CT molecular complexity index is 954. The summed E-state index contributed by atoms with van der Waals surface area (Å²) in [4.78, 5) is 24.6. The van der Waals surface area contributed by atoms with E-state index in [0.29, 0.717) is 10.1 Å². The number of hydrogen-bond donors (Lipinski definition) is 1. The molecule has 1 aliphatic heterocycles. The fraction of sp³-hybridized carbons (Fsp3) is 0.222. The Kier molecular flexibility index (Phi) is 4.69. The summed E-state index contributed by atoms with van der Waals surface area (Å²) in [7, 11) is -2.43. The minimum Gasteiger partial charge on any atom is -0.497 e. The summed E-state index contributed by atoms with van der Waals surface area (Å²) >= 11 is 0. The molecule has 1 aliphatic rings. The van der Waals surface area contributed by atoms with Crippen LogP contribution in [-0.2, 0) is 14.8 Å². The molecule has 1 unspecified atom stereocenters. The standard InChI is InChI=1S/C18H18N2O5S/c1-12(13-7-9-14(25-2)10-8-13)19-17(21)11-20-18(22)15-5-3-4-6-16(15)26(20,23)24/h3-10,12H,11H2,1-2H3,(H,19,21). The summed E-state index contributed by atoms with van der Waals surface area (Å²) in [5.41, 5.74) is 0.918. The van der Waals surface area contributed by atoms with Gasteiger partial charge in [-0.25, -0.2) is 12.7 Å². The van der Waals surface area contributed by atoms with Crippen molar-refractivity contribution < 1.29 is 22.7 Å². The molecule has 1 atom stereocenters. The molecule has 0 saturated carbocycles. The SMILES string of the molecule is COc1ccc(C(C)NC(=O)CN2C(=O)c3ccccc3S2(=O)=O)cc1. The summed E-state index contributed by atoms with van der Waals surface area (Å²) in [6.07, 6.45) is 0. The molecule has 0 bridgehead atoms. The van der Waals surface area contributed by atoms with Crippen LogP contribution in [0.25, 0.3) is 0 Å². The molecule has 8 heteroatoms. The van der Waals surface area contributed by atoms with E-state index in [1.807, 2.05) is 0 Å². The van der Waals surface area contributed by atoms with E-state index >= 15 is 0 Å². The lowest BCUT2D eigenvalue weighted by atomic mass is 10.1. The topological polar surface area (TPSA) is 92.8 Å². The van der Waals surface area contributed by atoms with Crippen molar-refractivity contribution in [2.45, 2.75) is 17.9 Å². The van der Waals surface area contributed by atoms with Gasteiger partial charge in [0.1, 0.15) is 17.2 Å². The highest BCUT2D eigenvalue weighted by molar-refractivity contribution is 7.90. The maximum absolute atomic E-state index is 12.5. The number of amides is 2. The predicted molar refractivity (Wildman–Crippen MR) is 94.2 cm³/mol. The second kappa shape index (κ2) is 6.80. The summed E-state index contributed by atoms with van der Waals surface area (Å²) in [5.74, 6) is -0.551. The Labute approximate surface area is 151 Å². The molecule has 1 N–H and O–H groups in total. The quantitative estimate of drug-likeness (QED) is 0.860. The van der Waals surface area contributed by atoms with E-state index < -0.39 is 28.4 Å².